The van der Waals surface area contributed by atoms with E-state index in [0.29, 0.717) is 16.7 Å². The summed E-state index contributed by atoms with van der Waals surface area (Å²) in [6.45, 7) is 3.00. The quantitative estimate of drug-likeness (QED) is 0.238. The molecular formula is C25H26O8. The molecule has 0 aromatic heterocycles. The molecule has 0 atom stereocenters. The van der Waals surface area contributed by atoms with E-state index in [1.54, 1.807) is 56.3 Å². The van der Waals surface area contributed by atoms with Crippen molar-refractivity contribution in [2.75, 3.05) is 19.8 Å². The number of aliphatic hydroxyl groups excluding tert-OH is 1. The molecule has 0 bridgehead atoms. The number of carbonyl (C=O) groups is 4. The molecule has 2 aromatic rings. The molecule has 33 heavy (non-hydrogen) atoms. The molecular weight excluding hydrogens is 428 g/mol. The summed E-state index contributed by atoms with van der Waals surface area (Å²) in [5.41, 5.74) is 1.92. The molecule has 0 aliphatic carbocycles. The lowest BCUT2D eigenvalue weighted by Gasteiger charge is -2.10. The summed E-state index contributed by atoms with van der Waals surface area (Å²) < 4.78 is 14.9. The third-order valence-corrected chi connectivity index (χ3v) is 4.50. The van der Waals surface area contributed by atoms with Crippen LogP contribution in [0.4, 0.5) is 0 Å². The predicted octanol–water partition coefficient (Wildman–Crippen LogP) is 2.97. The Hall–Kier alpha value is -3.78. The van der Waals surface area contributed by atoms with Crippen molar-refractivity contribution < 1.29 is 38.5 Å². The molecule has 0 aliphatic rings. The van der Waals surface area contributed by atoms with Crippen molar-refractivity contribution in [3.05, 3.63) is 76.9 Å². The highest BCUT2D eigenvalue weighted by Gasteiger charge is 2.26. The molecule has 8 nitrogen and oxygen atoms in total. The smallest absolute Gasteiger partial charge is 0.338 e. The maximum Gasteiger partial charge on any atom is 0.338 e. The van der Waals surface area contributed by atoms with Gasteiger partial charge in [0.25, 0.3) is 0 Å². The van der Waals surface area contributed by atoms with Crippen LogP contribution >= 0.6 is 0 Å². The Morgan fingerprint density at radius 1 is 0.818 bits per heavy atom. The van der Waals surface area contributed by atoms with Gasteiger partial charge in [-0.1, -0.05) is 48.6 Å². The van der Waals surface area contributed by atoms with E-state index in [1.165, 1.54) is 18.2 Å². The molecule has 2 rings (SSSR count). The van der Waals surface area contributed by atoms with Gasteiger partial charge in [-0.25, -0.2) is 4.79 Å². The summed E-state index contributed by atoms with van der Waals surface area (Å²) in [6, 6.07) is 12.6. The maximum atomic E-state index is 12.3. The van der Waals surface area contributed by atoms with E-state index in [-0.39, 0.29) is 31.2 Å². The summed E-state index contributed by atoms with van der Waals surface area (Å²) >= 11 is 0. The third-order valence-electron chi connectivity index (χ3n) is 4.50. The molecule has 0 heterocycles. The van der Waals surface area contributed by atoms with Crippen LogP contribution in [0, 0.1) is 5.92 Å². The standard InChI is InChI=1S/C25H26O8/c1-3-31-24(29)21(25(30)32-4-2)14-9-17-5-10-19(11-6-17)22(27)16-33-23(28)20-12-7-18(15-26)8-13-20/h5-14,21,26H,3-4,15-16H2,1-2H3. The number of ketones is 1. The van der Waals surface area contributed by atoms with Crippen molar-refractivity contribution in [2.24, 2.45) is 5.92 Å². The monoisotopic (exact) mass is 454 g/mol. The van der Waals surface area contributed by atoms with Gasteiger partial charge in [0.1, 0.15) is 0 Å². The highest BCUT2D eigenvalue weighted by atomic mass is 16.6. The van der Waals surface area contributed by atoms with Gasteiger partial charge < -0.3 is 19.3 Å². The third kappa shape index (κ3) is 7.69. The zero-order chi connectivity index (χ0) is 24.2. The van der Waals surface area contributed by atoms with Crippen molar-refractivity contribution in [3.63, 3.8) is 0 Å². The van der Waals surface area contributed by atoms with Crippen LogP contribution in [0.1, 0.15) is 45.7 Å². The first-order chi connectivity index (χ1) is 15.9. The van der Waals surface area contributed by atoms with Crippen LogP contribution in [0.25, 0.3) is 6.08 Å². The molecule has 0 saturated carbocycles. The fraction of sp³-hybridized carbons (Fsp3) is 0.280. The zero-order valence-electron chi connectivity index (χ0n) is 18.5. The Kier molecular flexibility index (Phi) is 9.98. The summed E-state index contributed by atoms with van der Waals surface area (Å²) in [4.78, 5) is 48.4. The minimum Gasteiger partial charge on any atom is -0.465 e. The first-order valence-corrected chi connectivity index (χ1v) is 10.4. The molecule has 0 radical (unpaired) electrons. The summed E-state index contributed by atoms with van der Waals surface area (Å²) in [7, 11) is 0. The lowest BCUT2D eigenvalue weighted by atomic mass is 10.1. The second-order valence-electron chi connectivity index (χ2n) is 6.82. The average molecular weight is 454 g/mol. The number of Topliss-reactive ketones (excluding diaryl/α,β-unsaturated/α-hetero) is 1. The first-order valence-electron chi connectivity index (χ1n) is 10.4. The van der Waals surface area contributed by atoms with Gasteiger partial charge >= 0.3 is 17.9 Å². The number of carbonyl (C=O) groups excluding carboxylic acids is 4. The predicted molar refractivity (Wildman–Crippen MR) is 119 cm³/mol. The number of rotatable bonds is 11. The Balaban J connectivity index is 1.98. The molecule has 8 heteroatoms. The van der Waals surface area contributed by atoms with Crippen LogP contribution in [0.5, 0.6) is 0 Å². The molecule has 174 valence electrons. The number of benzene rings is 2. The molecule has 0 unspecified atom stereocenters. The normalized spacial score (nSPS) is 10.8. The fourth-order valence-electron chi connectivity index (χ4n) is 2.75. The van der Waals surface area contributed by atoms with Crippen molar-refractivity contribution >= 4 is 29.8 Å². The molecule has 0 saturated heterocycles. The average Bonchev–Trinajstić information content (AvgIpc) is 2.83. The van der Waals surface area contributed by atoms with E-state index in [9.17, 15) is 19.2 Å². The van der Waals surface area contributed by atoms with Crippen LogP contribution in [-0.2, 0) is 30.4 Å². The number of hydrogen-bond donors (Lipinski definition) is 1. The lowest BCUT2D eigenvalue weighted by Crippen LogP contribution is -2.26. The second-order valence-corrected chi connectivity index (χ2v) is 6.82. The van der Waals surface area contributed by atoms with E-state index in [0.717, 1.165) is 0 Å². The minimum absolute atomic E-state index is 0.134. The van der Waals surface area contributed by atoms with E-state index < -0.39 is 30.4 Å². The van der Waals surface area contributed by atoms with Crippen molar-refractivity contribution in [3.8, 4) is 0 Å². The minimum atomic E-state index is -1.18. The van der Waals surface area contributed by atoms with Crippen LogP contribution in [-0.4, -0.2) is 48.6 Å². The Morgan fingerprint density at radius 3 is 1.88 bits per heavy atom. The maximum absolute atomic E-state index is 12.3. The second kappa shape index (κ2) is 12.9. The molecule has 0 aliphatic heterocycles. The van der Waals surface area contributed by atoms with Crippen molar-refractivity contribution in [2.45, 2.75) is 20.5 Å². The van der Waals surface area contributed by atoms with E-state index in [1.807, 2.05) is 0 Å². The van der Waals surface area contributed by atoms with Gasteiger partial charge in [0.05, 0.1) is 25.4 Å². The number of ether oxygens (including phenoxy) is 3. The van der Waals surface area contributed by atoms with Crippen LogP contribution in [0.3, 0.4) is 0 Å². The summed E-state index contributed by atoms with van der Waals surface area (Å²) in [5.74, 6) is -3.62. The molecule has 1 N–H and O–H groups in total. The number of hydrogen-bond acceptors (Lipinski definition) is 8. The Bertz CT molecular complexity index is 972. The Labute approximate surface area is 191 Å². The molecule has 2 aromatic carbocycles. The summed E-state index contributed by atoms with van der Waals surface area (Å²) in [6.07, 6.45) is 2.94. The largest absolute Gasteiger partial charge is 0.465 e. The van der Waals surface area contributed by atoms with Crippen LogP contribution in [0.15, 0.2) is 54.6 Å². The van der Waals surface area contributed by atoms with E-state index in [2.05, 4.69) is 0 Å². The van der Waals surface area contributed by atoms with Crippen LogP contribution in [0.2, 0.25) is 0 Å². The van der Waals surface area contributed by atoms with E-state index >= 15 is 0 Å². The van der Waals surface area contributed by atoms with Gasteiger partial charge in [-0.15, -0.1) is 0 Å². The first kappa shape index (κ1) is 25.5. The van der Waals surface area contributed by atoms with Crippen molar-refractivity contribution in [1.82, 2.24) is 0 Å². The van der Waals surface area contributed by atoms with Gasteiger partial charge in [0.2, 0.25) is 0 Å². The summed E-state index contributed by atoms with van der Waals surface area (Å²) in [5, 5.41) is 9.04. The molecule has 0 spiro atoms. The molecule has 0 amide bonds. The number of esters is 3. The Morgan fingerprint density at radius 2 is 1.36 bits per heavy atom. The topological polar surface area (TPSA) is 116 Å². The van der Waals surface area contributed by atoms with Gasteiger partial charge in [-0.3, -0.25) is 14.4 Å². The highest BCUT2D eigenvalue weighted by Crippen LogP contribution is 2.13. The van der Waals surface area contributed by atoms with Gasteiger partial charge in [-0.05, 0) is 37.1 Å². The SMILES string of the molecule is CCOC(=O)C(C=Cc1ccc(C(=O)COC(=O)c2ccc(CO)cc2)cc1)C(=O)OCC. The van der Waals surface area contributed by atoms with Crippen LogP contribution < -0.4 is 0 Å². The number of aliphatic hydroxyl groups is 1. The van der Waals surface area contributed by atoms with Gasteiger partial charge in [-0.2, -0.15) is 0 Å². The lowest BCUT2D eigenvalue weighted by molar-refractivity contribution is -0.158. The van der Waals surface area contributed by atoms with Gasteiger partial charge in [0.15, 0.2) is 18.3 Å². The highest BCUT2D eigenvalue weighted by molar-refractivity contribution is 6.00. The van der Waals surface area contributed by atoms with E-state index in [4.69, 9.17) is 19.3 Å². The molecule has 0 fully saturated rings. The van der Waals surface area contributed by atoms with Gasteiger partial charge in [0, 0.05) is 5.56 Å². The zero-order valence-corrected chi connectivity index (χ0v) is 18.5. The fourth-order valence-corrected chi connectivity index (χ4v) is 2.75. The van der Waals surface area contributed by atoms with Crippen molar-refractivity contribution in [1.29, 1.82) is 0 Å².